The first-order chi connectivity index (χ1) is 15.2. The molecule has 32 heavy (non-hydrogen) atoms. The van der Waals surface area contributed by atoms with E-state index in [2.05, 4.69) is 5.32 Å². The van der Waals surface area contributed by atoms with E-state index >= 15 is 0 Å². The second-order valence-corrected chi connectivity index (χ2v) is 7.01. The zero-order valence-corrected chi connectivity index (χ0v) is 17.0. The fraction of sp³-hybridized carbons (Fsp3) is 0.0870. The van der Waals surface area contributed by atoms with Crippen LogP contribution in [-0.2, 0) is 17.4 Å². The smallest absolute Gasteiger partial charge is 0.418 e. The SMILES string of the molecule is N#Cc1cc(C#N)cc(Oc2cc(CC(=O)Nc3ccccc3C(F)(F)F)ccc2Cl)c1. The van der Waals surface area contributed by atoms with Crippen molar-refractivity contribution in [1.29, 1.82) is 10.5 Å². The molecule has 3 rings (SSSR count). The van der Waals surface area contributed by atoms with Gasteiger partial charge >= 0.3 is 6.18 Å². The van der Waals surface area contributed by atoms with Crippen LogP contribution in [0.25, 0.3) is 0 Å². The van der Waals surface area contributed by atoms with Crippen LogP contribution in [-0.4, -0.2) is 5.91 Å². The number of nitrogens with one attached hydrogen (secondary N) is 1. The Kier molecular flexibility index (Phi) is 6.67. The van der Waals surface area contributed by atoms with E-state index in [4.69, 9.17) is 26.9 Å². The standard InChI is InChI=1S/C23H13ClF3N3O2/c24-19-6-5-14(10-21(19)32-17-8-15(12-28)7-16(9-17)13-29)11-22(31)30-20-4-2-1-3-18(20)23(25,26)27/h1-10H,11H2,(H,30,31). The first kappa shape index (κ1) is 22.7. The van der Waals surface area contributed by atoms with Crippen LogP contribution in [0.3, 0.4) is 0 Å². The van der Waals surface area contributed by atoms with Crippen molar-refractivity contribution in [3.8, 4) is 23.6 Å². The molecule has 0 aliphatic rings. The van der Waals surface area contributed by atoms with Crippen LogP contribution in [0.15, 0.2) is 60.7 Å². The van der Waals surface area contributed by atoms with Gasteiger partial charge in [0.05, 0.1) is 46.0 Å². The van der Waals surface area contributed by atoms with E-state index < -0.39 is 17.6 Å². The zero-order chi connectivity index (χ0) is 23.3. The number of hydrogen-bond donors (Lipinski definition) is 1. The maximum Gasteiger partial charge on any atom is 0.418 e. The molecular formula is C23H13ClF3N3O2. The molecule has 160 valence electrons. The number of carbonyl (C=O) groups is 1. The van der Waals surface area contributed by atoms with Gasteiger partial charge in [-0.1, -0.05) is 29.8 Å². The number of alkyl halides is 3. The number of ether oxygens (including phenoxy) is 1. The van der Waals surface area contributed by atoms with Gasteiger partial charge in [0.2, 0.25) is 5.91 Å². The Balaban J connectivity index is 1.79. The Morgan fingerprint density at radius 1 is 1.00 bits per heavy atom. The number of hydrogen-bond acceptors (Lipinski definition) is 4. The third-order valence-electron chi connectivity index (χ3n) is 4.26. The van der Waals surface area contributed by atoms with Crippen molar-refractivity contribution in [2.75, 3.05) is 5.32 Å². The summed E-state index contributed by atoms with van der Waals surface area (Å²) in [5.74, 6) is -0.303. The van der Waals surface area contributed by atoms with E-state index in [9.17, 15) is 18.0 Å². The molecule has 0 aliphatic carbocycles. The summed E-state index contributed by atoms with van der Waals surface area (Å²) in [6.45, 7) is 0. The van der Waals surface area contributed by atoms with E-state index in [1.807, 2.05) is 12.1 Å². The lowest BCUT2D eigenvalue weighted by molar-refractivity contribution is -0.137. The monoisotopic (exact) mass is 455 g/mol. The van der Waals surface area contributed by atoms with Crippen LogP contribution >= 0.6 is 11.6 Å². The number of amides is 1. The first-order valence-electron chi connectivity index (χ1n) is 9.07. The lowest BCUT2D eigenvalue weighted by Gasteiger charge is -2.14. The van der Waals surface area contributed by atoms with E-state index in [0.717, 1.165) is 6.07 Å². The number of rotatable bonds is 5. The van der Waals surface area contributed by atoms with Crippen molar-refractivity contribution < 1.29 is 22.7 Å². The largest absolute Gasteiger partial charge is 0.456 e. The first-order valence-corrected chi connectivity index (χ1v) is 9.45. The topological polar surface area (TPSA) is 85.9 Å². The van der Waals surface area contributed by atoms with Crippen LogP contribution in [0.1, 0.15) is 22.3 Å². The van der Waals surface area contributed by atoms with Gasteiger partial charge in [-0.2, -0.15) is 23.7 Å². The van der Waals surface area contributed by atoms with Crippen LogP contribution in [0.2, 0.25) is 5.02 Å². The average molecular weight is 456 g/mol. The predicted molar refractivity (Wildman–Crippen MR) is 111 cm³/mol. The van der Waals surface area contributed by atoms with Gasteiger partial charge in [0.15, 0.2) is 0 Å². The number of benzene rings is 3. The number of para-hydroxylation sites is 1. The van der Waals surface area contributed by atoms with Crippen molar-refractivity contribution in [1.82, 2.24) is 0 Å². The van der Waals surface area contributed by atoms with Crippen LogP contribution < -0.4 is 10.1 Å². The van der Waals surface area contributed by atoms with Crippen molar-refractivity contribution in [2.45, 2.75) is 12.6 Å². The minimum atomic E-state index is -4.61. The van der Waals surface area contributed by atoms with Crippen molar-refractivity contribution in [3.63, 3.8) is 0 Å². The van der Waals surface area contributed by atoms with Crippen molar-refractivity contribution >= 4 is 23.2 Å². The van der Waals surface area contributed by atoms with Gasteiger partial charge in [0.1, 0.15) is 11.5 Å². The lowest BCUT2D eigenvalue weighted by atomic mass is 10.1. The maximum atomic E-state index is 13.1. The van der Waals surface area contributed by atoms with Gasteiger partial charge in [-0.15, -0.1) is 0 Å². The molecule has 3 aromatic rings. The van der Waals surface area contributed by atoms with Crippen LogP contribution in [0.4, 0.5) is 18.9 Å². The molecule has 0 atom stereocenters. The normalized spacial score (nSPS) is 10.7. The number of nitrogens with zero attached hydrogens (tertiary/aromatic N) is 2. The second kappa shape index (κ2) is 9.42. The summed E-state index contributed by atoms with van der Waals surface area (Å²) in [7, 11) is 0. The molecule has 3 aromatic carbocycles. The van der Waals surface area contributed by atoms with E-state index in [0.29, 0.717) is 5.56 Å². The Morgan fingerprint density at radius 3 is 2.28 bits per heavy atom. The Hall–Kier alpha value is -4.01. The molecule has 5 nitrogen and oxygen atoms in total. The average Bonchev–Trinajstić information content (AvgIpc) is 2.75. The summed E-state index contributed by atoms with van der Waals surface area (Å²) in [5.41, 5.74) is -0.418. The molecule has 0 fully saturated rings. The predicted octanol–water partition coefficient (Wildman–Crippen LogP) is 6.08. The summed E-state index contributed by atoms with van der Waals surface area (Å²) in [4.78, 5) is 12.4. The number of carbonyl (C=O) groups excluding carboxylic acids is 1. The summed E-state index contributed by atoms with van der Waals surface area (Å²) in [6, 6.07) is 17.2. The molecule has 9 heteroatoms. The minimum absolute atomic E-state index is 0.159. The quantitative estimate of drug-likeness (QED) is 0.505. The summed E-state index contributed by atoms with van der Waals surface area (Å²) in [6.07, 6.45) is -4.84. The van der Waals surface area contributed by atoms with Crippen LogP contribution in [0, 0.1) is 22.7 Å². The van der Waals surface area contributed by atoms with Crippen LogP contribution in [0.5, 0.6) is 11.5 Å². The van der Waals surface area contributed by atoms with Gasteiger partial charge in [0, 0.05) is 0 Å². The second-order valence-electron chi connectivity index (χ2n) is 6.60. The Labute approximate surface area is 186 Å². The number of anilines is 1. The fourth-order valence-electron chi connectivity index (χ4n) is 2.87. The third kappa shape index (κ3) is 5.57. The third-order valence-corrected chi connectivity index (χ3v) is 4.57. The van der Waals surface area contributed by atoms with Gasteiger partial charge in [-0.05, 0) is 48.0 Å². The molecule has 0 saturated carbocycles. The summed E-state index contributed by atoms with van der Waals surface area (Å²) < 4.78 is 45.0. The molecule has 0 bridgehead atoms. The highest BCUT2D eigenvalue weighted by atomic mass is 35.5. The number of nitriles is 2. The molecule has 0 spiro atoms. The fourth-order valence-corrected chi connectivity index (χ4v) is 3.03. The highest BCUT2D eigenvalue weighted by Gasteiger charge is 2.33. The van der Waals surface area contributed by atoms with E-state index in [-0.39, 0.29) is 39.8 Å². The minimum Gasteiger partial charge on any atom is -0.456 e. The molecule has 1 N–H and O–H groups in total. The number of halogens is 4. The van der Waals surface area contributed by atoms with Gasteiger partial charge in [-0.25, -0.2) is 0 Å². The Bertz CT molecular complexity index is 1230. The molecule has 0 saturated heterocycles. The van der Waals surface area contributed by atoms with Gasteiger partial charge in [0.25, 0.3) is 0 Å². The Morgan fingerprint density at radius 2 is 1.66 bits per heavy atom. The van der Waals surface area contributed by atoms with Crippen molar-refractivity contribution in [3.05, 3.63) is 87.9 Å². The molecule has 0 aromatic heterocycles. The molecular weight excluding hydrogens is 443 g/mol. The highest BCUT2D eigenvalue weighted by molar-refractivity contribution is 6.32. The molecule has 1 amide bonds. The van der Waals surface area contributed by atoms with Crippen molar-refractivity contribution in [2.24, 2.45) is 0 Å². The summed E-state index contributed by atoms with van der Waals surface area (Å²) >= 11 is 6.15. The molecule has 0 aliphatic heterocycles. The molecule has 0 heterocycles. The molecule has 0 unspecified atom stereocenters. The van der Waals surface area contributed by atoms with E-state index in [1.165, 1.54) is 54.6 Å². The zero-order valence-electron chi connectivity index (χ0n) is 16.2. The lowest BCUT2D eigenvalue weighted by Crippen LogP contribution is -2.18. The van der Waals surface area contributed by atoms with Gasteiger partial charge < -0.3 is 10.1 Å². The highest BCUT2D eigenvalue weighted by Crippen LogP contribution is 2.35. The summed E-state index contributed by atoms with van der Waals surface area (Å²) in [5, 5.41) is 20.6. The maximum absolute atomic E-state index is 13.1. The van der Waals surface area contributed by atoms with Gasteiger partial charge in [-0.3, -0.25) is 4.79 Å². The van der Waals surface area contributed by atoms with E-state index in [1.54, 1.807) is 0 Å². The molecule has 0 radical (unpaired) electrons.